The van der Waals surface area contributed by atoms with E-state index in [4.69, 9.17) is 0 Å². The van der Waals surface area contributed by atoms with Crippen molar-refractivity contribution in [3.05, 3.63) is 41.6 Å². The molecule has 0 atom stereocenters. The minimum atomic E-state index is -3.39. The van der Waals surface area contributed by atoms with Gasteiger partial charge in [-0.25, -0.2) is 4.72 Å². The van der Waals surface area contributed by atoms with Gasteiger partial charge in [-0.15, -0.1) is 0 Å². The summed E-state index contributed by atoms with van der Waals surface area (Å²) in [5.74, 6) is 0.549. The van der Waals surface area contributed by atoms with E-state index in [1.165, 1.54) is 65.3 Å². The minimum absolute atomic E-state index is 0.397. The Balaban J connectivity index is 1.89. The van der Waals surface area contributed by atoms with Gasteiger partial charge in [0.05, 0.1) is 0 Å². The molecule has 0 saturated carbocycles. The Hall–Kier alpha value is -1.63. The molecule has 0 spiro atoms. The number of hydrogen-bond donors (Lipinski definition) is 1. The first kappa shape index (κ1) is 21.1. The number of fused-ring (bicyclic) bond motifs is 1. The van der Waals surface area contributed by atoms with E-state index >= 15 is 0 Å². The van der Waals surface area contributed by atoms with Gasteiger partial charge in [-0.3, -0.25) is 0 Å². The molecule has 0 bridgehead atoms. The number of aromatic nitrogens is 1. The smallest absolute Gasteiger partial charge is 0.278 e. The number of nitrogens with zero attached hydrogens (tertiary/aromatic N) is 2. The highest BCUT2D eigenvalue weighted by atomic mass is 32.2. The van der Waals surface area contributed by atoms with E-state index in [0.29, 0.717) is 18.9 Å². The lowest BCUT2D eigenvalue weighted by atomic mass is 9.93. The van der Waals surface area contributed by atoms with Crippen molar-refractivity contribution in [3.8, 4) is 0 Å². The summed E-state index contributed by atoms with van der Waals surface area (Å²) < 4.78 is 30.1. The van der Waals surface area contributed by atoms with E-state index in [9.17, 15) is 8.42 Å². The lowest BCUT2D eigenvalue weighted by Gasteiger charge is -2.14. The molecule has 1 aromatic carbocycles. The molecule has 154 valence electrons. The van der Waals surface area contributed by atoms with Crippen LogP contribution in [0.25, 0.3) is 16.5 Å². The third-order valence-electron chi connectivity index (χ3n) is 5.35. The molecule has 0 amide bonds. The van der Waals surface area contributed by atoms with Crippen molar-refractivity contribution in [1.29, 1.82) is 0 Å². The molecule has 1 heterocycles. The summed E-state index contributed by atoms with van der Waals surface area (Å²) in [4.78, 5) is 0. The van der Waals surface area contributed by atoms with E-state index in [0.717, 1.165) is 13.0 Å². The molecule has 3 rings (SSSR count). The van der Waals surface area contributed by atoms with Crippen LogP contribution in [0.2, 0.25) is 0 Å². The molecule has 1 N–H and O–H groups in total. The van der Waals surface area contributed by atoms with Gasteiger partial charge in [0.2, 0.25) is 0 Å². The van der Waals surface area contributed by atoms with E-state index in [-0.39, 0.29) is 0 Å². The van der Waals surface area contributed by atoms with Crippen molar-refractivity contribution in [2.45, 2.75) is 52.5 Å². The summed E-state index contributed by atoms with van der Waals surface area (Å²) >= 11 is 0. The van der Waals surface area contributed by atoms with Crippen LogP contribution in [0.4, 0.5) is 0 Å². The van der Waals surface area contributed by atoms with Gasteiger partial charge in [0.1, 0.15) is 0 Å². The van der Waals surface area contributed by atoms with Gasteiger partial charge in [-0.2, -0.15) is 12.7 Å². The first-order chi connectivity index (χ1) is 13.3. The number of allylic oxidation sites excluding steroid dienone is 2. The highest BCUT2D eigenvalue weighted by Crippen LogP contribution is 2.31. The highest BCUT2D eigenvalue weighted by molar-refractivity contribution is 7.87. The van der Waals surface area contributed by atoms with Crippen LogP contribution in [0.3, 0.4) is 0 Å². The second-order valence-corrected chi connectivity index (χ2v) is 10.3. The van der Waals surface area contributed by atoms with Gasteiger partial charge in [-0.1, -0.05) is 32.1 Å². The zero-order chi connectivity index (χ0) is 20.3. The van der Waals surface area contributed by atoms with Crippen molar-refractivity contribution in [1.82, 2.24) is 13.6 Å². The lowest BCUT2D eigenvalue weighted by Crippen LogP contribution is -2.36. The van der Waals surface area contributed by atoms with Crippen LogP contribution in [0, 0.1) is 5.92 Å². The van der Waals surface area contributed by atoms with Crippen molar-refractivity contribution in [2.24, 2.45) is 5.92 Å². The molecule has 2 aromatic rings. The monoisotopic (exact) mass is 403 g/mol. The molecule has 0 saturated heterocycles. The van der Waals surface area contributed by atoms with Crippen molar-refractivity contribution < 1.29 is 8.42 Å². The topological polar surface area (TPSA) is 54.3 Å². The van der Waals surface area contributed by atoms with Crippen LogP contribution in [0.15, 0.2) is 30.5 Å². The number of nitrogens with one attached hydrogen (secondary N) is 1. The van der Waals surface area contributed by atoms with Crippen LogP contribution in [0.5, 0.6) is 0 Å². The van der Waals surface area contributed by atoms with Gasteiger partial charge in [0.25, 0.3) is 10.2 Å². The molecule has 1 aliphatic rings. The maximum Gasteiger partial charge on any atom is 0.278 e. The molecule has 0 unspecified atom stereocenters. The Morgan fingerprint density at radius 1 is 1.21 bits per heavy atom. The molecule has 0 aliphatic heterocycles. The van der Waals surface area contributed by atoms with E-state index in [1.807, 2.05) is 0 Å². The van der Waals surface area contributed by atoms with Crippen LogP contribution in [-0.2, 0) is 23.2 Å². The number of benzene rings is 1. The second kappa shape index (κ2) is 8.80. The predicted octanol–water partition coefficient (Wildman–Crippen LogP) is 4.19. The van der Waals surface area contributed by atoms with Gasteiger partial charge in [0, 0.05) is 44.3 Å². The summed E-state index contributed by atoms with van der Waals surface area (Å²) in [7, 11) is -0.306. The maximum absolute atomic E-state index is 12.0. The predicted molar refractivity (Wildman–Crippen MR) is 118 cm³/mol. The quantitative estimate of drug-likeness (QED) is 0.718. The highest BCUT2D eigenvalue weighted by Gasteiger charge is 2.15. The van der Waals surface area contributed by atoms with E-state index < -0.39 is 10.2 Å². The summed E-state index contributed by atoms with van der Waals surface area (Å²) in [6, 6.07) is 6.77. The lowest BCUT2D eigenvalue weighted by molar-refractivity contribution is 0.506. The Kier molecular flexibility index (Phi) is 6.63. The summed E-state index contributed by atoms with van der Waals surface area (Å²) in [5, 5.41) is 1.23. The zero-order valence-electron chi connectivity index (χ0n) is 17.5. The largest absolute Gasteiger partial charge is 0.347 e. The fraction of sp³-hybridized carbons (Fsp3) is 0.545. The van der Waals surface area contributed by atoms with Gasteiger partial charge in [-0.05, 0) is 60.8 Å². The van der Waals surface area contributed by atoms with Crippen LogP contribution in [0.1, 0.15) is 50.7 Å². The van der Waals surface area contributed by atoms with Crippen molar-refractivity contribution in [3.63, 3.8) is 0 Å². The molecular weight excluding hydrogens is 370 g/mol. The molecule has 28 heavy (non-hydrogen) atoms. The first-order valence-corrected chi connectivity index (χ1v) is 11.7. The Morgan fingerprint density at radius 2 is 2.00 bits per heavy atom. The number of hydrogen-bond acceptors (Lipinski definition) is 2. The van der Waals surface area contributed by atoms with Crippen molar-refractivity contribution in [2.75, 3.05) is 20.6 Å². The Bertz CT molecular complexity index is 956. The molecule has 0 radical (unpaired) electrons. The fourth-order valence-electron chi connectivity index (χ4n) is 3.86. The summed E-state index contributed by atoms with van der Waals surface area (Å²) in [6.07, 6.45) is 10.2. The number of rotatable bonds is 8. The summed E-state index contributed by atoms with van der Waals surface area (Å²) in [5.41, 5.74) is 5.24. The SMILES string of the molecule is CC(C)Cn1cc(CCNS(=O)(=O)N(C)C)c2ccc(C3=CCCCC3)cc21. The second-order valence-electron chi connectivity index (χ2n) is 8.34. The van der Waals surface area contributed by atoms with Gasteiger partial charge in [0.15, 0.2) is 0 Å². The van der Waals surface area contributed by atoms with Crippen LogP contribution in [-0.4, -0.2) is 37.9 Å². The van der Waals surface area contributed by atoms with Crippen LogP contribution < -0.4 is 4.72 Å². The molecular formula is C22H33N3O2S. The molecule has 1 aromatic heterocycles. The van der Waals surface area contributed by atoms with Crippen molar-refractivity contribution >= 4 is 26.7 Å². The zero-order valence-corrected chi connectivity index (χ0v) is 18.3. The minimum Gasteiger partial charge on any atom is -0.347 e. The Morgan fingerprint density at radius 3 is 2.64 bits per heavy atom. The average molecular weight is 404 g/mol. The fourth-order valence-corrected chi connectivity index (χ4v) is 4.47. The normalized spacial score (nSPS) is 15.6. The molecule has 6 heteroatoms. The average Bonchev–Trinajstić information content (AvgIpc) is 2.98. The Labute approximate surface area is 169 Å². The van der Waals surface area contributed by atoms with E-state index in [2.05, 4.69) is 53.6 Å². The molecule has 5 nitrogen and oxygen atoms in total. The molecule has 0 fully saturated rings. The molecule has 1 aliphatic carbocycles. The summed E-state index contributed by atoms with van der Waals surface area (Å²) in [6.45, 7) is 5.81. The van der Waals surface area contributed by atoms with Gasteiger partial charge < -0.3 is 4.57 Å². The third kappa shape index (κ3) is 4.85. The van der Waals surface area contributed by atoms with Crippen LogP contribution >= 0.6 is 0 Å². The standard InChI is InChI=1S/C22H33N3O2S/c1-17(2)15-25-16-20(12-13-23-28(26,27)24(3)4)21-11-10-19(14-22(21)25)18-8-6-5-7-9-18/h8,10-11,14,16-17,23H,5-7,9,12-13,15H2,1-4H3. The first-order valence-electron chi connectivity index (χ1n) is 10.3. The van der Waals surface area contributed by atoms with Gasteiger partial charge >= 0.3 is 0 Å². The van der Waals surface area contributed by atoms with E-state index in [1.54, 1.807) is 0 Å². The third-order valence-corrected chi connectivity index (χ3v) is 6.88. The maximum atomic E-state index is 12.0.